The van der Waals surface area contributed by atoms with E-state index in [0.717, 1.165) is 46.2 Å². The zero-order valence-electron chi connectivity index (χ0n) is 35.4. The largest absolute Gasteiger partial charge is 0.494 e. The van der Waals surface area contributed by atoms with Crippen molar-refractivity contribution in [3.8, 4) is 5.75 Å². The molecular formula is C49H49F4IN4O6. The fourth-order valence-electron chi connectivity index (χ4n) is 7.13. The first-order valence-electron chi connectivity index (χ1n) is 20.8. The molecule has 5 amide bonds. The van der Waals surface area contributed by atoms with Crippen LogP contribution in [0.4, 0.5) is 17.6 Å². The van der Waals surface area contributed by atoms with Gasteiger partial charge in [0.15, 0.2) is 0 Å². The molecule has 336 valence electrons. The highest BCUT2D eigenvalue weighted by atomic mass is 127. The molecule has 0 aliphatic rings. The van der Waals surface area contributed by atoms with Crippen molar-refractivity contribution in [3.05, 3.63) is 170 Å². The third-order valence-electron chi connectivity index (χ3n) is 10.1. The van der Waals surface area contributed by atoms with Crippen molar-refractivity contribution in [3.63, 3.8) is 0 Å². The molecule has 15 heteroatoms. The summed E-state index contributed by atoms with van der Waals surface area (Å²) in [5.74, 6) is -7.91. The number of nitrogens with one attached hydrogen (secondary N) is 2. The average Bonchev–Trinajstić information content (AvgIpc) is 3.24. The molecule has 0 aliphatic heterocycles. The molecule has 5 aromatic carbocycles. The topological polar surface area (TPSA) is 125 Å². The number of ether oxygens (including phenoxy) is 1. The highest BCUT2D eigenvalue weighted by Crippen LogP contribution is 2.26. The molecule has 0 heterocycles. The van der Waals surface area contributed by atoms with Crippen molar-refractivity contribution in [2.24, 2.45) is 0 Å². The van der Waals surface area contributed by atoms with Gasteiger partial charge < -0.3 is 15.4 Å². The molecule has 0 aliphatic carbocycles. The number of rotatable bonds is 21. The molecule has 3 atom stereocenters. The number of carbonyl (C=O) groups excluding carboxylic acids is 5. The van der Waals surface area contributed by atoms with Crippen LogP contribution in [0.2, 0.25) is 0 Å². The van der Waals surface area contributed by atoms with Crippen LogP contribution in [-0.2, 0) is 43.2 Å². The van der Waals surface area contributed by atoms with Gasteiger partial charge in [-0.1, -0.05) is 60.7 Å². The fourth-order valence-corrected chi connectivity index (χ4v) is 7.49. The number of amides is 5. The van der Waals surface area contributed by atoms with E-state index in [-0.39, 0.29) is 24.3 Å². The van der Waals surface area contributed by atoms with Crippen molar-refractivity contribution in [1.82, 2.24) is 20.4 Å². The van der Waals surface area contributed by atoms with E-state index in [2.05, 4.69) is 33.2 Å². The van der Waals surface area contributed by atoms with Crippen LogP contribution in [0.1, 0.15) is 61.4 Å². The molecule has 0 radical (unpaired) electrons. The van der Waals surface area contributed by atoms with Crippen LogP contribution >= 0.6 is 22.6 Å². The number of hydrogen-bond donors (Lipinski definition) is 2. The molecule has 0 saturated heterocycles. The minimum absolute atomic E-state index is 0.0220. The Kier molecular flexibility index (Phi) is 18.6. The summed E-state index contributed by atoms with van der Waals surface area (Å²) in [6.45, 7) is 3.41. The number of halogens is 5. The van der Waals surface area contributed by atoms with E-state index in [4.69, 9.17) is 4.74 Å². The number of unbranched alkanes of at least 4 members (excludes halogenated alkanes) is 1. The summed E-state index contributed by atoms with van der Waals surface area (Å²) < 4.78 is 62.8. The second kappa shape index (κ2) is 24.2. The first kappa shape index (κ1) is 49.1. The van der Waals surface area contributed by atoms with Gasteiger partial charge in [0.1, 0.15) is 47.1 Å². The van der Waals surface area contributed by atoms with Gasteiger partial charge in [0.2, 0.25) is 11.8 Å². The van der Waals surface area contributed by atoms with Crippen molar-refractivity contribution >= 4 is 52.1 Å². The number of hydrogen-bond acceptors (Lipinski definition) is 7. The van der Waals surface area contributed by atoms with Crippen molar-refractivity contribution in [1.29, 1.82) is 0 Å². The van der Waals surface area contributed by atoms with Gasteiger partial charge in [-0.15, -0.1) is 0 Å². The predicted octanol–water partition coefficient (Wildman–Crippen LogP) is 8.06. The molecule has 10 nitrogen and oxygen atoms in total. The lowest BCUT2D eigenvalue weighted by Crippen LogP contribution is -2.59. The maximum Gasteiger partial charge on any atom is 0.258 e. The highest BCUT2D eigenvalue weighted by molar-refractivity contribution is 14.1. The number of imide groups is 3. The van der Waals surface area contributed by atoms with E-state index in [9.17, 15) is 36.7 Å². The summed E-state index contributed by atoms with van der Waals surface area (Å²) in [6.07, 6.45) is 1.49. The Morgan fingerprint density at radius 1 is 0.578 bits per heavy atom. The third kappa shape index (κ3) is 15.1. The minimum atomic E-state index is -1.53. The smallest absolute Gasteiger partial charge is 0.258 e. The van der Waals surface area contributed by atoms with Crippen molar-refractivity contribution in [2.75, 3.05) is 19.7 Å². The summed E-state index contributed by atoms with van der Waals surface area (Å²) in [6, 6.07) is 26.8. The first-order chi connectivity index (χ1) is 30.7. The zero-order chi connectivity index (χ0) is 46.2. The van der Waals surface area contributed by atoms with Gasteiger partial charge in [-0.3, -0.25) is 28.9 Å². The number of nitrogens with zero attached hydrogens (tertiary/aromatic N) is 2. The van der Waals surface area contributed by atoms with Crippen molar-refractivity contribution < 1.29 is 46.3 Å². The molecule has 2 N–H and O–H groups in total. The third-order valence-corrected chi connectivity index (χ3v) is 10.8. The predicted molar refractivity (Wildman–Crippen MR) is 242 cm³/mol. The second-order valence-corrected chi connectivity index (χ2v) is 16.5. The zero-order valence-corrected chi connectivity index (χ0v) is 37.5. The van der Waals surface area contributed by atoms with Crippen LogP contribution in [0.3, 0.4) is 0 Å². The lowest BCUT2D eigenvalue weighted by Gasteiger charge is -2.35. The minimum Gasteiger partial charge on any atom is -0.494 e. The summed E-state index contributed by atoms with van der Waals surface area (Å²) in [7, 11) is 0. The lowest BCUT2D eigenvalue weighted by atomic mass is 10.0. The first-order valence-corrected chi connectivity index (χ1v) is 21.9. The van der Waals surface area contributed by atoms with Gasteiger partial charge in [-0.05, 0) is 139 Å². The summed E-state index contributed by atoms with van der Waals surface area (Å²) in [4.78, 5) is 72.9. The Hall–Kier alpha value is -5.94. The molecule has 5 rings (SSSR count). The molecule has 0 unspecified atom stereocenters. The van der Waals surface area contributed by atoms with Gasteiger partial charge in [0.05, 0.1) is 19.4 Å². The normalized spacial score (nSPS) is 12.5. The Morgan fingerprint density at radius 2 is 1.05 bits per heavy atom. The molecule has 64 heavy (non-hydrogen) atoms. The summed E-state index contributed by atoms with van der Waals surface area (Å²) in [5.41, 5.74) is 1.54. The molecular weight excluding hydrogens is 943 g/mol. The van der Waals surface area contributed by atoms with E-state index in [0.29, 0.717) is 47.7 Å². The van der Waals surface area contributed by atoms with Gasteiger partial charge >= 0.3 is 0 Å². The Morgan fingerprint density at radius 3 is 1.55 bits per heavy atom. The van der Waals surface area contributed by atoms with E-state index in [1.54, 1.807) is 30.3 Å². The van der Waals surface area contributed by atoms with E-state index in [1.165, 1.54) is 13.8 Å². The van der Waals surface area contributed by atoms with Gasteiger partial charge in [0, 0.05) is 22.2 Å². The Labute approximate surface area is 383 Å². The molecule has 0 aromatic heterocycles. The number of aryl methyl sites for hydroxylation is 1. The summed E-state index contributed by atoms with van der Waals surface area (Å²) >= 11 is 2.20. The van der Waals surface area contributed by atoms with Crippen LogP contribution in [0.5, 0.6) is 5.75 Å². The van der Waals surface area contributed by atoms with E-state index in [1.807, 2.05) is 59.5 Å². The molecule has 0 bridgehead atoms. The summed E-state index contributed by atoms with van der Waals surface area (Å²) in [5, 5.41) is 4.88. The lowest BCUT2D eigenvalue weighted by molar-refractivity contribution is -0.159. The van der Waals surface area contributed by atoms with Crippen molar-refractivity contribution in [2.45, 2.75) is 70.5 Å². The van der Waals surface area contributed by atoms with Crippen LogP contribution in [0.25, 0.3) is 0 Å². The van der Waals surface area contributed by atoms with Gasteiger partial charge in [-0.2, -0.15) is 0 Å². The maximum atomic E-state index is 15.2. The molecule has 0 spiro atoms. The van der Waals surface area contributed by atoms with Crippen LogP contribution in [-0.4, -0.2) is 71.1 Å². The van der Waals surface area contributed by atoms with Gasteiger partial charge in [0.25, 0.3) is 17.7 Å². The van der Waals surface area contributed by atoms with Crippen LogP contribution in [0, 0.1) is 26.8 Å². The molecule has 0 fully saturated rings. The molecule has 5 aromatic rings. The van der Waals surface area contributed by atoms with E-state index >= 15 is 4.79 Å². The monoisotopic (exact) mass is 992 g/mol. The molecule has 0 saturated carbocycles. The quantitative estimate of drug-likeness (QED) is 0.0433. The number of carbonyl (C=O) groups is 5. The average molecular weight is 993 g/mol. The fraction of sp³-hybridized carbons (Fsp3) is 0.286. The highest BCUT2D eigenvalue weighted by Gasteiger charge is 2.41. The SMILES string of the molecule is C[C@H](NC(=O)Cc1cc(F)cc(F)c1)C(=O)N(C(=O)[C@H](C)NC(=O)Cc1cc(F)cc(F)c1)C(=O)[C@H](c1ccccc1)N(CCCCc1ccccc1)CCCOc1ccc(I)cc1. The van der Waals surface area contributed by atoms with E-state index < -0.39 is 83.8 Å². The second-order valence-electron chi connectivity index (χ2n) is 15.3. The maximum absolute atomic E-state index is 15.2. The standard InChI is InChI=1S/C49H49F4IN4O6/c1-32(55-44(59)28-35-24-38(50)30-39(51)25-35)47(61)58(48(62)33(2)56-45(60)29-36-26-40(52)31-41(53)27-36)49(63)46(37-15-7-4-8-16-37)57(21-10-9-14-34-12-5-3-6-13-34)22-11-23-64-43-19-17-42(54)18-20-43/h3-8,12-13,15-20,24-27,30-33,46H,9-11,14,21-23,28-29H2,1-2H3,(H,55,59)(H,56,60)/t32-,33-,46-/m0/s1. The van der Waals surface area contributed by atoms with Crippen LogP contribution < -0.4 is 15.4 Å². The number of benzene rings is 5. The van der Waals surface area contributed by atoms with Crippen LogP contribution in [0.15, 0.2) is 121 Å². The Bertz CT molecular complexity index is 2250. The van der Waals surface area contributed by atoms with Gasteiger partial charge in [-0.25, -0.2) is 22.5 Å². The Balaban J connectivity index is 1.45.